The molecule has 8 heteroatoms. The van der Waals surface area contributed by atoms with Crippen molar-refractivity contribution in [1.29, 1.82) is 0 Å². The van der Waals surface area contributed by atoms with E-state index in [1.54, 1.807) is 31.7 Å². The zero-order valence-electron chi connectivity index (χ0n) is 18.3. The summed E-state index contributed by atoms with van der Waals surface area (Å²) in [7, 11) is 1.55. The van der Waals surface area contributed by atoms with Crippen LogP contribution in [0.25, 0.3) is 11.3 Å². The van der Waals surface area contributed by atoms with Crippen LogP contribution in [0.15, 0.2) is 54.6 Å². The van der Waals surface area contributed by atoms with Crippen molar-refractivity contribution in [2.75, 3.05) is 25.2 Å². The molecule has 166 valence electrons. The molecule has 1 aliphatic rings. The minimum Gasteiger partial charge on any atom is -0.383 e. The molecular weight excluding hydrogens is 411 g/mol. The van der Waals surface area contributed by atoms with Crippen LogP contribution in [0, 0.1) is 12.7 Å². The van der Waals surface area contributed by atoms with Crippen molar-refractivity contribution in [3.63, 3.8) is 0 Å². The molecule has 2 heterocycles. The largest absolute Gasteiger partial charge is 0.383 e. The van der Waals surface area contributed by atoms with E-state index in [0.717, 1.165) is 5.56 Å². The van der Waals surface area contributed by atoms with Crippen LogP contribution < -0.4 is 10.2 Å². The first-order valence-electron chi connectivity index (χ1n) is 10.4. The molecule has 7 nitrogen and oxygen atoms in total. The summed E-state index contributed by atoms with van der Waals surface area (Å²) in [6.07, 6.45) is 0. The minimum atomic E-state index is -1.28. The van der Waals surface area contributed by atoms with E-state index in [-0.39, 0.29) is 18.4 Å². The van der Waals surface area contributed by atoms with Crippen LogP contribution in [-0.2, 0) is 16.1 Å². The molecule has 32 heavy (non-hydrogen) atoms. The van der Waals surface area contributed by atoms with Crippen molar-refractivity contribution >= 4 is 17.5 Å². The standard InChI is InChI=1S/C24H25FN4O3/c1-16-13-18(25)9-10-20(16)29-22(30)21-14-19(17-7-5-4-6-8-17)27-28(21)15-24(29,2)23(31)26-11-12-32-3/h4-10,13-14H,11-12,15H2,1-3H3,(H,26,31)/t24-/m1/s1. The van der Waals surface area contributed by atoms with Crippen LogP contribution in [0.1, 0.15) is 23.0 Å². The second-order valence-electron chi connectivity index (χ2n) is 8.03. The molecule has 0 saturated carbocycles. The van der Waals surface area contributed by atoms with E-state index in [2.05, 4.69) is 10.4 Å². The van der Waals surface area contributed by atoms with Crippen molar-refractivity contribution in [3.05, 3.63) is 71.7 Å². The molecule has 3 aromatic rings. The average molecular weight is 436 g/mol. The molecule has 0 bridgehead atoms. The summed E-state index contributed by atoms with van der Waals surface area (Å²) >= 11 is 0. The second kappa shape index (κ2) is 8.55. The Morgan fingerprint density at radius 3 is 2.66 bits per heavy atom. The maximum Gasteiger partial charge on any atom is 0.277 e. The van der Waals surface area contributed by atoms with Gasteiger partial charge in [-0.25, -0.2) is 4.39 Å². The topological polar surface area (TPSA) is 76.5 Å². The molecule has 0 radical (unpaired) electrons. The van der Waals surface area contributed by atoms with Crippen LogP contribution in [0.2, 0.25) is 0 Å². The SMILES string of the molecule is COCCNC(=O)[C@@]1(C)Cn2nc(-c3ccccc3)cc2C(=O)N1c1ccc(F)cc1C. The molecule has 0 aliphatic carbocycles. The van der Waals surface area contributed by atoms with Gasteiger partial charge >= 0.3 is 0 Å². The Morgan fingerprint density at radius 1 is 1.22 bits per heavy atom. The number of rotatable bonds is 6. The Labute approximate surface area is 185 Å². The smallest absolute Gasteiger partial charge is 0.277 e. The number of benzene rings is 2. The molecule has 0 saturated heterocycles. The van der Waals surface area contributed by atoms with Gasteiger partial charge in [-0.05, 0) is 43.7 Å². The number of aryl methyl sites for hydroxylation is 1. The van der Waals surface area contributed by atoms with Crippen LogP contribution in [0.4, 0.5) is 10.1 Å². The molecule has 2 aromatic carbocycles. The van der Waals surface area contributed by atoms with Crippen molar-refractivity contribution in [1.82, 2.24) is 15.1 Å². The Morgan fingerprint density at radius 2 is 1.97 bits per heavy atom. The first-order valence-corrected chi connectivity index (χ1v) is 10.4. The highest BCUT2D eigenvalue weighted by molar-refractivity contribution is 6.12. The fourth-order valence-electron chi connectivity index (χ4n) is 4.04. The van der Waals surface area contributed by atoms with E-state index < -0.39 is 11.4 Å². The number of anilines is 1. The molecule has 2 amide bonds. The van der Waals surface area contributed by atoms with Gasteiger partial charge in [-0.3, -0.25) is 19.2 Å². The normalized spacial score (nSPS) is 17.9. The highest BCUT2D eigenvalue weighted by atomic mass is 19.1. The monoisotopic (exact) mass is 436 g/mol. The maximum atomic E-state index is 13.8. The lowest BCUT2D eigenvalue weighted by Crippen LogP contribution is -2.65. The van der Waals surface area contributed by atoms with E-state index >= 15 is 0 Å². The molecule has 1 aliphatic heterocycles. The van der Waals surface area contributed by atoms with Gasteiger partial charge in [0.1, 0.15) is 17.1 Å². The van der Waals surface area contributed by atoms with Gasteiger partial charge in [0.15, 0.2) is 0 Å². The van der Waals surface area contributed by atoms with Crippen molar-refractivity contribution in [2.45, 2.75) is 25.9 Å². The zero-order chi connectivity index (χ0) is 22.9. The summed E-state index contributed by atoms with van der Waals surface area (Å²) in [5.41, 5.74) is 1.65. The number of hydrogen-bond acceptors (Lipinski definition) is 4. The fraction of sp³-hybridized carbons (Fsp3) is 0.292. The number of nitrogens with zero attached hydrogens (tertiary/aromatic N) is 3. The summed E-state index contributed by atoms with van der Waals surface area (Å²) in [5, 5.41) is 7.46. The average Bonchev–Trinajstić information content (AvgIpc) is 3.20. The summed E-state index contributed by atoms with van der Waals surface area (Å²) in [4.78, 5) is 28.5. The predicted molar refractivity (Wildman–Crippen MR) is 119 cm³/mol. The van der Waals surface area contributed by atoms with Gasteiger partial charge < -0.3 is 10.1 Å². The van der Waals surface area contributed by atoms with Gasteiger partial charge in [-0.15, -0.1) is 0 Å². The number of amides is 2. The molecular formula is C24H25FN4O3. The van der Waals surface area contributed by atoms with E-state index in [9.17, 15) is 14.0 Å². The third-order valence-corrected chi connectivity index (χ3v) is 5.70. The Kier molecular flexibility index (Phi) is 5.80. The molecule has 1 aromatic heterocycles. The van der Waals surface area contributed by atoms with Crippen LogP contribution >= 0.6 is 0 Å². The lowest BCUT2D eigenvalue weighted by molar-refractivity contribution is -0.126. The van der Waals surface area contributed by atoms with Crippen molar-refractivity contribution in [2.24, 2.45) is 0 Å². The van der Waals surface area contributed by atoms with Gasteiger partial charge in [0.05, 0.1) is 18.8 Å². The van der Waals surface area contributed by atoms with Gasteiger partial charge in [0.2, 0.25) is 5.91 Å². The van der Waals surface area contributed by atoms with Crippen LogP contribution in [0.5, 0.6) is 0 Å². The number of ether oxygens (including phenoxy) is 1. The Hall–Kier alpha value is -3.52. The third kappa shape index (κ3) is 3.78. The zero-order valence-corrected chi connectivity index (χ0v) is 18.3. The molecule has 0 fully saturated rings. The first kappa shape index (κ1) is 21.7. The van der Waals surface area contributed by atoms with Gasteiger partial charge in [0, 0.05) is 24.9 Å². The van der Waals surface area contributed by atoms with Gasteiger partial charge in [-0.2, -0.15) is 5.10 Å². The number of methoxy groups -OCH3 is 1. The van der Waals surface area contributed by atoms with Crippen molar-refractivity contribution < 1.29 is 18.7 Å². The Bertz CT molecular complexity index is 1160. The summed E-state index contributed by atoms with van der Waals surface area (Å²) in [6.45, 7) is 4.21. The lowest BCUT2D eigenvalue weighted by Gasteiger charge is -2.43. The van der Waals surface area contributed by atoms with E-state index in [4.69, 9.17) is 4.74 Å². The summed E-state index contributed by atoms with van der Waals surface area (Å²) in [6, 6.07) is 15.4. The second-order valence-corrected chi connectivity index (χ2v) is 8.03. The minimum absolute atomic E-state index is 0.149. The number of carbonyl (C=O) groups excluding carboxylic acids is 2. The number of nitrogens with one attached hydrogen (secondary N) is 1. The highest BCUT2D eigenvalue weighted by Crippen LogP contribution is 2.36. The quantitative estimate of drug-likeness (QED) is 0.602. The Balaban J connectivity index is 1.81. The number of aromatic nitrogens is 2. The number of halogens is 1. The van der Waals surface area contributed by atoms with Crippen LogP contribution in [-0.4, -0.2) is 47.4 Å². The number of carbonyl (C=O) groups is 2. The van der Waals surface area contributed by atoms with E-state index in [1.165, 1.54) is 23.1 Å². The highest BCUT2D eigenvalue weighted by Gasteiger charge is 2.49. The summed E-state index contributed by atoms with van der Waals surface area (Å²) in [5.74, 6) is -1.11. The maximum absolute atomic E-state index is 13.8. The number of fused-ring (bicyclic) bond motifs is 1. The third-order valence-electron chi connectivity index (χ3n) is 5.70. The predicted octanol–water partition coefficient (Wildman–Crippen LogP) is 3.18. The van der Waals surface area contributed by atoms with Gasteiger partial charge in [0.25, 0.3) is 5.91 Å². The van der Waals surface area contributed by atoms with Gasteiger partial charge in [-0.1, -0.05) is 30.3 Å². The molecule has 0 unspecified atom stereocenters. The molecule has 1 atom stereocenters. The van der Waals surface area contributed by atoms with Crippen LogP contribution in [0.3, 0.4) is 0 Å². The molecule has 1 N–H and O–H groups in total. The van der Waals surface area contributed by atoms with E-state index in [1.807, 2.05) is 30.3 Å². The molecule has 4 rings (SSSR count). The van der Waals surface area contributed by atoms with Crippen molar-refractivity contribution in [3.8, 4) is 11.3 Å². The summed E-state index contributed by atoms with van der Waals surface area (Å²) < 4.78 is 20.4. The molecule has 0 spiro atoms. The number of hydrogen-bond donors (Lipinski definition) is 1. The first-order chi connectivity index (χ1) is 15.3. The lowest BCUT2D eigenvalue weighted by atomic mass is 9.93. The van der Waals surface area contributed by atoms with E-state index in [0.29, 0.717) is 35.8 Å². The fourth-order valence-corrected chi connectivity index (χ4v) is 4.04.